The summed E-state index contributed by atoms with van der Waals surface area (Å²) in [6, 6.07) is 0. The predicted molar refractivity (Wildman–Crippen MR) is 73.5 cm³/mol. The van der Waals surface area contributed by atoms with Crippen molar-refractivity contribution in [3.05, 3.63) is 0 Å². The van der Waals surface area contributed by atoms with Crippen molar-refractivity contribution >= 4 is 0 Å². The Hall–Kier alpha value is 0. The molecule has 0 spiro atoms. The minimum Gasteiger partial charge on any atom is -0.0654 e. The SMILES string of the molecule is CCCC(CC)C(C)C(C)C1CC1CCC. The van der Waals surface area contributed by atoms with Gasteiger partial charge in [0.05, 0.1) is 0 Å². The molecule has 5 atom stereocenters. The summed E-state index contributed by atoms with van der Waals surface area (Å²) in [4.78, 5) is 0. The van der Waals surface area contributed by atoms with Crippen LogP contribution in [0, 0.1) is 29.6 Å². The molecule has 1 aliphatic carbocycles. The van der Waals surface area contributed by atoms with Crippen LogP contribution in [0.3, 0.4) is 0 Å². The van der Waals surface area contributed by atoms with Crippen molar-refractivity contribution in [3.63, 3.8) is 0 Å². The lowest BCUT2D eigenvalue weighted by Gasteiger charge is -2.28. The van der Waals surface area contributed by atoms with Gasteiger partial charge in [0.1, 0.15) is 0 Å². The van der Waals surface area contributed by atoms with Crippen LogP contribution >= 0.6 is 0 Å². The molecule has 0 aromatic rings. The quantitative estimate of drug-likeness (QED) is 0.509. The summed E-state index contributed by atoms with van der Waals surface area (Å²) < 4.78 is 0. The third-order valence-corrected chi connectivity index (χ3v) is 5.07. The minimum atomic E-state index is 0.941. The van der Waals surface area contributed by atoms with E-state index in [4.69, 9.17) is 0 Å². The van der Waals surface area contributed by atoms with Gasteiger partial charge in [0.2, 0.25) is 0 Å². The van der Waals surface area contributed by atoms with Crippen molar-refractivity contribution < 1.29 is 0 Å². The van der Waals surface area contributed by atoms with Crippen LogP contribution in [-0.4, -0.2) is 0 Å². The highest BCUT2D eigenvalue weighted by Crippen LogP contribution is 2.50. The largest absolute Gasteiger partial charge is 0.0654 e. The average Bonchev–Trinajstić information content (AvgIpc) is 3.04. The molecule has 0 radical (unpaired) electrons. The van der Waals surface area contributed by atoms with Crippen molar-refractivity contribution in [2.24, 2.45) is 29.6 Å². The Labute approximate surface area is 103 Å². The highest BCUT2D eigenvalue weighted by molar-refractivity contribution is 4.91. The van der Waals surface area contributed by atoms with Gasteiger partial charge in [-0.25, -0.2) is 0 Å². The van der Waals surface area contributed by atoms with Gasteiger partial charge in [-0.1, -0.05) is 66.7 Å². The summed E-state index contributed by atoms with van der Waals surface area (Å²) in [5.41, 5.74) is 0. The number of hydrogen-bond acceptors (Lipinski definition) is 0. The van der Waals surface area contributed by atoms with Crippen LogP contribution in [0.4, 0.5) is 0 Å². The van der Waals surface area contributed by atoms with Crippen LogP contribution < -0.4 is 0 Å². The topological polar surface area (TPSA) is 0 Å². The molecule has 0 amide bonds. The molecule has 0 heterocycles. The van der Waals surface area contributed by atoms with E-state index in [1.165, 1.54) is 38.5 Å². The van der Waals surface area contributed by atoms with E-state index < -0.39 is 0 Å². The fourth-order valence-corrected chi connectivity index (χ4v) is 3.65. The van der Waals surface area contributed by atoms with Gasteiger partial charge in [0.15, 0.2) is 0 Å². The fourth-order valence-electron chi connectivity index (χ4n) is 3.65. The van der Waals surface area contributed by atoms with Crippen molar-refractivity contribution in [2.75, 3.05) is 0 Å². The summed E-state index contributed by atoms with van der Waals surface area (Å²) >= 11 is 0. The van der Waals surface area contributed by atoms with Crippen LogP contribution in [-0.2, 0) is 0 Å². The minimum absolute atomic E-state index is 0.941. The van der Waals surface area contributed by atoms with Crippen LogP contribution in [0.5, 0.6) is 0 Å². The fraction of sp³-hybridized carbons (Fsp3) is 1.00. The Morgan fingerprint density at radius 1 is 1.06 bits per heavy atom. The molecule has 0 N–H and O–H groups in total. The molecule has 0 saturated heterocycles. The van der Waals surface area contributed by atoms with Crippen molar-refractivity contribution in [3.8, 4) is 0 Å². The first kappa shape index (κ1) is 14.1. The van der Waals surface area contributed by atoms with Gasteiger partial charge in [-0.05, 0) is 36.0 Å². The Morgan fingerprint density at radius 3 is 2.25 bits per heavy atom. The Balaban J connectivity index is 2.38. The van der Waals surface area contributed by atoms with Crippen LogP contribution in [0.25, 0.3) is 0 Å². The zero-order valence-corrected chi connectivity index (χ0v) is 12.1. The second kappa shape index (κ2) is 6.67. The summed E-state index contributed by atoms with van der Waals surface area (Å²) in [6.07, 6.45) is 8.57. The first-order valence-corrected chi connectivity index (χ1v) is 7.65. The molecular formula is C16H32. The van der Waals surface area contributed by atoms with Crippen molar-refractivity contribution in [2.45, 2.75) is 73.1 Å². The van der Waals surface area contributed by atoms with Crippen LogP contribution in [0.2, 0.25) is 0 Å². The lowest BCUT2D eigenvalue weighted by Crippen LogP contribution is -2.20. The molecule has 0 bridgehead atoms. The molecule has 0 aromatic heterocycles. The smallest absolute Gasteiger partial charge is 0.0355 e. The maximum Gasteiger partial charge on any atom is -0.0355 e. The van der Waals surface area contributed by atoms with E-state index in [9.17, 15) is 0 Å². The average molecular weight is 224 g/mol. The second-order valence-corrected chi connectivity index (χ2v) is 6.12. The molecule has 1 aliphatic rings. The first-order valence-electron chi connectivity index (χ1n) is 7.65. The molecule has 1 saturated carbocycles. The Kier molecular flexibility index (Phi) is 5.86. The van der Waals surface area contributed by atoms with Gasteiger partial charge in [0.25, 0.3) is 0 Å². The lowest BCUT2D eigenvalue weighted by atomic mass is 9.77. The van der Waals surface area contributed by atoms with Gasteiger partial charge in [-0.15, -0.1) is 0 Å². The maximum absolute atomic E-state index is 2.52. The maximum atomic E-state index is 2.52. The molecule has 96 valence electrons. The number of hydrogen-bond donors (Lipinski definition) is 0. The molecule has 0 nitrogen and oxygen atoms in total. The van der Waals surface area contributed by atoms with Crippen LogP contribution in [0.15, 0.2) is 0 Å². The normalized spacial score (nSPS) is 29.8. The first-order chi connectivity index (χ1) is 7.65. The third kappa shape index (κ3) is 3.50. The van der Waals surface area contributed by atoms with Gasteiger partial charge >= 0.3 is 0 Å². The van der Waals surface area contributed by atoms with Crippen LogP contribution in [0.1, 0.15) is 73.1 Å². The monoisotopic (exact) mass is 224 g/mol. The lowest BCUT2D eigenvalue weighted by molar-refractivity contribution is 0.213. The third-order valence-electron chi connectivity index (χ3n) is 5.07. The van der Waals surface area contributed by atoms with Crippen molar-refractivity contribution in [1.82, 2.24) is 0 Å². The standard InChI is InChI=1S/C16H32/c1-6-9-14(8-3)12(4)13(5)16-11-15(16)10-7-2/h12-16H,6-11H2,1-5H3. The van der Waals surface area contributed by atoms with Gasteiger partial charge < -0.3 is 0 Å². The summed E-state index contributed by atoms with van der Waals surface area (Å²) in [6.45, 7) is 12.1. The van der Waals surface area contributed by atoms with E-state index in [-0.39, 0.29) is 0 Å². The molecule has 0 aromatic carbocycles. The van der Waals surface area contributed by atoms with E-state index in [2.05, 4.69) is 34.6 Å². The molecule has 5 unspecified atom stereocenters. The van der Waals surface area contributed by atoms with E-state index in [1.807, 2.05) is 0 Å². The van der Waals surface area contributed by atoms with E-state index in [0.29, 0.717) is 0 Å². The predicted octanol–water partition coefficient (Wildman–Crippen LogP) is 5.52. The molecule has 0 aliphatic heterocycles. The van der Waals surface area contributed by atoms with E-state index in [1.54, 1.807) is 0 Å². The molecular weight excluding hydrogens is 192 g/mol. The Bertz CT molecular complexity index is 184. The zero-order valence-electron chi connectivity index (χ0n) is 12.1. The van der Waals surface area contributed by atoms with E-state index in [0.717, 1.165) is 29.6 Å². The summed E-state index contributed by atoms with van der Waals surface area (Å²) in [5.74, 6) is 5.04. The van der Waals surface area contributed by atoms with E-state index >= 15 is 0 Å². The number of rotatable bonds is 8. The molecule has 0 heteroatoms. The molecule has 1 fully saturated rings. The molecule has 1 rings (SSSR count). The molecule has 16 heavy (non-hydrogen) atoms. The second-order valence-electron chi connectivity index (χ2n) is 6.12. The summed E-state index contributed by atoms with van der Waals surface area (Å²) in [7, 11) is 0. The summed E-state index contributed by atoms with van der Waals surface area (Å²) in [5, 5.41) is 0. The highest BCUT2D eigenvalue weighted by atomic mass is 14.5. The van der Waals surface area contributed by atoms with Gasteiger partial charge in [-0.2, -0.15) is 0 Å². The zero-order chi connectivity index (χ0) is 12.1. The van der Waals surface area contributed by atoms with Gasteiger partial charge in [0, 0.05) is 0 Å². The Morgan fingerprint density at radius 2 is 1.75 bits per heavy atom. The highest BCUT2D eigenvalue weighted by Gasteiger charge is 2.42. The van der Waals surface area contributed by atoms with Crippen molar-refractivity contribution in [1.29, 1.82) is 0 Å². The van der Waals surface area contributed by atoms with Gasteiger partial charge in [-0.3, -0.25) is 0 Å².